The van der Waals surface area contributed by atoms with E-state index in [1.807, 2.05) is 6.92 Å². The van der Waals surface area contributed by atoms with Gasteiger partial charge in [-0.05, 0) is 24.6 Å². The van der Waals surface area contributed by atoms with Crippen molar-refractivity contribution in [3.05, 3.63) is 41.9 Å². The number of nitrogens with one attached hydrogen (secondary N) is 3. The predicted molar refractivity (Wildman–Crippen MR) is 94.4 cm³/mol. The first-order valence-corrected chi connectivity index (χ1v) is 9.47. The number of carbonyl (C=O) groups excluding carboxylic acids is 1. The summed E-state index contributed by atoms with van der Waals surface area (Å²) in [5.41, 5.74) is 0.966. The molecule has 2 heterocycles. The molecular formula is C16H22N4O5S. The van der Waals surface area contributed by atoms with Crippen molar-refractivity contribution in [3.8, 4) is 5.88 Å². The number of pyridine rings is 1. The van der Waals surface area contributed by atoms with E-state index in [-0.39, 0.29) is 30.3 Å². The Kier molecular flexibility index (Phi) is 7.13. The van der Waals surface area contributed by atoms with E-state index in [1.54, 1.807) is 18.3 Å². The summed E-state index contributed by atoms with van der Waals surface area (Å²) in [7, 11) is -2.21. The predicted octanol–water partition coefficient (Wildman–Crippen LogP) is 0.663. The molecule has 0 aromatic carbocycles. The Morgan fingerprint density at radius 3 is 2.88 bits per heavy atom. The van der Waals surface area contributed by atoms with E-state index >= 15 is 0 Å². The van der Waals surface area contributed by atoms with Crippen molar-refractivity contribution in [2.45, 2.75) is 18.4 Å². The number of ether oxygens (including phenoxy) is 2. The molecule has 0 radical (unpaired) electrons. The van der Waals surface area contributed by atoms with Gasteiger partial charge in [-0.1, -0.05) is 0 Å². The fourth-order valence-corrected chi connectivity index (χ4v) is 3.09. The van der Waals surface area contributed by atoms with Crippen molar-refractivity contribution < 1.29 is 22.7 Å². The summed E-state index contributed by atoms with van der Waals surface area (Å²) in [6.45, 7) is 3.02. The van der Waals surface area contributed by atoms with Gasteiger partial charge in [0.05, 0.1) is 13.2 Å². The number of H-pyrrole nitrogens is 1. The van der Waals surface area contributed by atoms with E-state index in [2.05, 4.69) is 20.0 Å². The van der Waals surface area contributed by atoms with Gasteiger partial charge >= 0.3 is 0 Å². The zero-order valence-electron chi connectivity index (χ0n) is 14.6. The summed E-state index contributed by atoms with van der Waals surface area (Å²) < 4.78 is 36.7. The van der Waals surface area contributed by atoms with Crippen molar-refractivity contribution in [2.24, 2.45) is 0 Å². The molecule has 142 valence electrons. The van der Waals surface area contributed by atoms with Gasteiger partial charge in [-0.3, -0.25) is 4.79 Å². The minimum absolute atomic E-state index is 0.0127. The maximum Gasteiger partial charge on any atom is 0.268 e. The molecule has 0 bridgehead atoms. The molecule has 26 heavy (non-hydrogen) atoms. The number of sulfonamides is 1. The highest BCUT2D eigenvalue weighted by Crippen LogP contribution is 2.12. The second-order valence-corrected chi connectivity index (χ2v) is 7.02. The van der Waals surface area contributed by atoms with Gasteiger partial charge in [-0.25, -0.2) is 18.1 Å². The number of amides is 1. The molecular weight excluding hydrogens is 360 g/mol. The third-order valence-corrected chi connectivity index (χ3v) is 4.79. The SMILES string of the molecule is CCOc1cc(CNC(=O)c2cc(S(=O)(=O)NCCOC)c[nH]2)ccn1. The second kappa shape index (κ2) is 9.32. The molecule has 9 nitrogen and oxygen atoms in total. The molecule has 0 atom stereocenters. The minimum Gasteiger partial charge on any atom is -0.478 e. The van der Waals surface area contributed by atoms with Crippen molar-refractivity contribution in [2.75, 3.05) is 26.9 Å². The van der Waals surface area contributed by atoms with E-state index < -0.39 is 15.9 Å². The number of carbonyl (C=O) groups is 1. The van der Waals surface area contributed by atoms with Crippen LogP contribution in [0.2, 0.25) is 0 Å². The highest BCUT2D eigenvalue weighted by Gasteiger charge is 2.18. The summed E-state index contributed by atoms with van der Waals surface area (Å²) in [5.74, 6) is 0.0627. The topological polar surface area (TPSA) is 122 Å². The standard InChI is InChI=1S/C16H22N4O5S/c1-3-25-15-8-12(4-5-17-15)10-19-16(21)14-9-13(11-18-14)26(22,23)20-6-7-24-2/h4-5,8-9,11,18,20H,3,6-7,10H2,1-2H3,(H,19,21). The molecule has 0 unspecified atom stereocenters. The molecule has 3 N–H and O–H groups in total. The Labute approximate surface area is 152 Å². The number of hydrogen-bond donors (Lipinski definition) is 3. The molecule has 0 aliphatic heterocycles. The first-order valence-electron chi connectivity index (χ1n) is 7.99. The van der Waals surface area contributed by atoms with Crippen LogP contribution in [-0.4, -0.2) is 51.2 Å². The maximum atomic E-state index is 12.2. The van der Waals surface area contributed by atoms with Gasteiger partial charge in [0.2, 0.25) is 15.9 Å². The fourth-order valence-electron chi connectivity index (χ4n) is 2.09. The Hall–Kier alpha value is -2.43. The molecule has 0 aliphatic rings. The number of nitrogens with zero attached hydrogens (tertiary/aromatic N) is 1. The van der Waals surface area contributed by atoms with E-state index in [0.717, 1.165) is 5.56 Å². The number of rotatable bonds is 10. The Morgan fingerprint density at radius 2 is 2.15 bits per heavy atom. The largest absolute Gasteiger partial charge is 0.478 e. The van der Waals surface area contributed by atoms with Crippen LogP contribution in [0.1, 0.15) is 23.0 Å². The maximum absolute atomic E-state index is 12.2. The third kappa shape index (κ3) is 5.55. The van der Waals surface area contributed by atoms with Gasteiger partial charge in [-0.2, -0.15) is 0 Å². The Morgan fingerprint density at radius 1 is 1.35 bits per heavy atom. The minimum atomic E-state index is -3.69. The molecule has 0 fully saturated rings. The lowest BCUT2D eigenvalue weighted by atomic mass is 10.2. The summed E-state index contributed by atoms with van der Waals surface area (Å²) in [6.07, 6.45) is 2.86. The average molecular weight is 382 g/mol. The number of aromatic amines is 1. The quantitative estimate of drug-likeness (QED) is 0.519. The van der Waals surface area contributed by atoms with E-state index in [4.69, 9.17) is 9.47 Å². The van der Waals surface area contributed by atoms with Crippen LogP contribution in [0.25, 0.3) is 0 Å². The lowest BCUT2D eigenvalue weighted by Crippen LogP contribution is -2.27. The molecule has 2 rings (SSSR count). The van der Waals surface area contributed by atoms with Crippen molar-refractivity contribution in [1.82, 2.24) is 20.0 Å². The van der Waals surface area contributed by atoms with Gasteiger partial charge in [-0.15, -0.1) is 0 Å². The van der Waals surface area contributed by atoms with Crippen LogP contribution >= 0.6 is 0 Å². The molecule has 0 saturated heterocycles. The summed E-state index contributed by atoms with van der Waals surface area (Å²) >= 11 is 0. The van der Waals surface area contributed by atoms with Gasteiger partial charge in [0, 0.05) is 38.7 Å². The van der Waals surface area contributed by atoms with E-state index in [9.17, 15) is 13.2 Å². The van der Waals surface area contributed by atoms with E-state index in [1.165, 1.54) is 19.4 Å². The second-order valence-electron chi connectivity index (χ2n) is 5.26. The highest BCUT2D eigenvalue weighted by atomic mass is 32.2. The third-order valence-electron chi connectivity index (χ3n) is 3.35. The Balaban J connectivity index is 1.96. The van der Waals surface area contributed by atoms with Crippen LogP contribution in [-0.2, 0) is 21.3 Å². The molecule has 2 aromatic heterocycles. The van der Waals surface area contributed by atoms with Crippen LogP contribution in [0.5, 0.6) is 5.88 Å². The first-order chi connectivity index (χ1) is 12.5. The molecule has 0 aliphatic carbocycles. The number of hydrogen-bond acceptors (Lipinski definition) is 6. The van der Waals surface area contributed by atoms with Crippen LogP contribution in [0.3, 0.4) is 0 Å². The van der Waals surface area contributed by atoms with Gasteiger partial charge in [0.25, 0.3) is 5.91 Å². The van der Waals surface area contributed by atoms with Crippen LogP contribution in [0, 0.1) is 0 Å². The lowest BCUT2D eigenvalue weighted by Gasteiger charge is -2.06. The first kappa shape index (κ1) is 19.9. The monoisotopic (exact) mass is 382 g/mol. The van der Waals surface area contributed by atoms with Crippen molar-refractivity contribution >= 4 is 15.9 Å². The summed E-state index contributed by atoms with van der Waals surface area (Å²) in [4.78, 5) is 18.9. The van der Waals surface area contributed by atoms with Crippen LogP contribution in [0.15, 0.2) is 35.5 Å². The van der Waals surface area contributed by atoms with Crippen LogP contribution in [0.4, 0.5) is 0 Å². The van der Waals surface area contributed by atoms with Crippen molar-refractivity contribution in [1.29, 1.82) is 0 Å². The number of aromatic nitrogens is 2. The molecule has 0 saturated carbocycles. The van der Waals surface area contributed by atoms with Gasteiger partial charge in [0.15, 0.2) is 0 Å². The van der Waals surface area contributed by atoms with Gasteiger partial charge < -0.3 is 19.8 Å². The van der Waals surface area contributed by atoms with Crippen LogP contribution < -0.4 is 14.8 Å². The smallest absolute Gasteiger partial charge is 0.268 e. The van der Waals surface area contributed by atoms with E-state index in [0.29, 0.717) is 12.5 Å². The molecule has 1 amide bonds. The molecule has 10 heteroatoms. The molecule has 2 aromatic rings. The molecule has 0 spiro atoms. The zero-order valence-corrected chi connectivity index (χ0v) is 15.4. The summed E-state index contributed by atoms with van der Waals surface area (Å²) in [5, 5.41) is 2.71. The number of methoxy groups -OCH3 is 1. The fraction of sp³-hybridized carbons (Fsp3) is 0.375. The normalized spacial score (nSPS) is 11.3. The average Bonchev–Trinajstić information content (AvgIpc) is 3.12. The van der Waals surface area contributed by atoms with Gasteiger partial charge in [0.1, 0.15) is 10.6 Å². The lowest BCUT2D eigenvalue weighted by molar-refractivity contribution is 0.0946. The zero-order chi connectivity index (χ0) is 19.0. The highest BCUT2D eigenvalue weighted by molar-refractivity contribution is 7.89. The Bertz CT molecular complexity index is 835. The summed E-state index contributed by atoms with van der Waals surface area (Å²) in [6, 6.07) is 4.77. The van der Waals surface area contributed by atoms with Crippen molar-refractivity contribution in [3.63, 3.8) is 0 Å².